The molecule has 21 heavy (non-hydrogen) atoms. The molecule has 4 nitrogen and oxygen atoms in total. The summed E-state index contributed by atoms with van der Waals surface area (Å²) in [5.41, 5.74) is 1.06. The average molecular weight is 353 g/mol. The van der Waals surface area contributed by atoms with Gasteiger partial charge in [0.05, 0.1) is 0 Å². The van der Waals surface area contributed by atoms with Gasteiger partial charge in [0, 0.05) is 24.0 Å². The smallest absolute Gasteiger partial charge is 0.245 e. The van der Waals surface area contributed by atoms with Crippen molar-refractivity contribution in [2.45, 2.75) is 39.3 Å². The first kappa shape index (κ1) is 16.0. The lowest BCUT2D eigenvalue weighted by molar-refractivity contribution is -0.135. The largest absolute Gasteiger partial charge is 0.344 e. The zero-order chi connectivity index (χ0) is 15.4. The van der Waals surface area contributed by atoms with E-state index in [2.05, 4.69) is 21.2 Å². The first-order valence-corrected chi connectivity index (χ1v) is 8.13. The molecule has 0 aromatic heterocycles. The van der Waals surface area contributed by atoms with Gasteiger partial charge in [0.2, 0.25) is 11.8 Å². The zero-order valence-electron chi connectivity index (χ0n) is 12.4. The number of nitrogens with zero attached hydrogens (tertiary/aromatic N) is 1. The van der Waals surface area contributed by atoms with Crippen LogP contribution in [-0.4, -0.2) is 29.3 Å². The van der Waals surface area contributed by atoms with E-state index in [4.69, 9.17) is 0 Å². The van der Waals surface area contributed by atoms with Gasteiger partial charge in [-0.2, -0.15) is 0 Å². The Hall–Kier alpha value is -1.36. The highest BCUT2D eigenvalue weighted by molar-refractivity contribution is 9.10. The van der Waals surface area contributed by atoms with Crippen molar-refractivity contribution in [2.24, 2.45) is 5.92 Å². The molecule has 1 aliphatic rings. The number of halogens is 1. The van der Waals surface area contributed by atoms with Gasteiger partial charge in [0.25, 0.3) is 0 Å². The second kappa shape index (κ2) is 7.07. The fraction of sp³-hybridized carbons (Fsp3) is 0.500. The summed E-state index contributed by atoms with van der Waals surface area (Å²) in [5, 5.41) is 2.87. The van der Waals surface area contributed by atoms with Crippen LogP contribution in [0.4, 0.5) is 0 Å². The lowest BCUT2D eigenvalue weighted by Gasteiger charge is -2.27. The molecule has 0 radical (unpaired) electrons. The minimum absolute atomic E-state index is 0.0194. The van der Waals surface area contributed by atoms with Crippen LogP contribution in [0, 0.1) is 5.92 Å². The topological polar surface area (TPSA) is 49.4 Å². The molecule has 2 amide bonds. The molecule has 1 heterocycles. The van der Waals surface area contributed by atoms with E-state index in [-0.39, 0.29) is 17.7 Å². The first-order chi connectivity index (χ1) is 10.0. The summed E-state index contributed by atoms with van der Waals surface area (Å²) in [6.07, 6.45) is 1.22. The third-order valence-corrected chi connectivity index (χ3v) is 4.81. The van der Waals surface area contributed by atoms with Gasteiger partial charge in [-0.1, -0.05) is 54.4 Å². The molecule has 1 aliphatic heterocycles. The van der Waals surface area contributed by atoms with Gasteiger partial charge in [-0.25, -0.2) is 0 Å². The second-order valence-electron chi connectivity index (χ2n) is 5.53. The number of rotatable bonds is 4. The fourth-order valence-electron chi connectivity index (χ4n) is 2.46. The summed E-state index contributed by atoms with van der Waals surface area (Å²) >= 11 is 3.51. The molecule has 2 unspecified atom stereocenters. The molecule has 2 atom stereocenters. The van der Waals surface area contributed by atoms with Crippen molar-refractivity contribution in [3.63, 3.8) is 0 Å². The maximum Gasteiger partial charge on any atom is 0.245 e. The van der Waals surface area contributed by atoms with Crippen LogP contribution in [0.1, 0.15) is 32.3 Å². The van der Waals surface area contributed by atoms with Gasteiger partial charge in [-0.15, -0.1) is 0 Å². The molecule has 0 spiro atoms. The number of nitrogens with one attached hydrogen (secondary N) is 1. The van der Waals surface area contributed by atoms with E-state index < -0.39 is 6.04 Å². The van der Waals surface area contributed by atoms with Crippen molar-refractivity contribution >= 4 is 27.7 Å². The van der Waals surface area contributed by atoms with Crippen molar-refractivity contribution in [3.8, 4) is 0 Å². The Morgan fingerprint density at radius 2 is 2.10 bits per heavy atom. The maximum absolute atomic E-state index is 12.7. The van der Waals surface area contributed by atoms with Gasteiger partial charge >= 0.3 is 0 Å². The van der Waals surface area contributed by atoms with E-state index in [1.54, 1.807) is 4.90 Å². The summed E-state index contributed by atoms with van der Waals surface area (Å²) < 4.78 is 0.987. The van der Waals surface area contributed by atoms with Crippen molar-refractivity contribution in [1.82, 2.24) is 10.2 Å². The highest BCUT2D eigenvalue weighted by Gasteiger charge is 2.32. The minimum atomic E-state index is -0.410. The molecule has 0 saturated carbocycles. The maximum atomic E-state index is 12.7. The Kier molecular flexibility index (Phi) is 5.39. The summed E-state index contributed by atoms with van der Waals surface area (Å²) in [4.78, 5) is 26.3. The molecule has 1 N–H and O–H groups in total. The van der Waals surface area contributed by atoms with Crippen LogP contribution >= 0.6 is 15.9 Å². The highest BCUT2D eigenvalue weighted by atomic mass is 79.9. The molecule has 114 valence electrons. The Bertz CT molecular complexity index is 533. The molecule has 0 bridgehead atoms. The zero-order valence-corrected chi connectivity index (χ0v) is 14.0. The van der Waals surface area contributed by atoms with E-state index in [9.17, 15) is 9.59 Å². The molecular formula is C16H21BrN2O2. The Balaban J connectivity index is 2.20. The van der Waals surface area contributed by atoms with Crippen LogP contribution in [-0.2, 0) is 16.1 Å². The van der Waals surface area contributed by atoms with Crippen LogP contribution < -0.4 is 5.32 Å². The predicted octanol–water partition coefficient (Wildman–Crippen LogP) is 2.71. The normalized spacial score (nSPS) is 20.9. The van der Waals surface area contributed by atoms with E-state index in [1.807, 2.05) is 38.1 Å². The van der Waals surface area contributed by atoms with E-state index in [1.165, 1.54) is 0 Å². The fourth-order valence-corrected chi connectivity index (χ4v) is 2.87. The molecule has 0 aliphatic carbocycles. The molecule has 5 heteroatoms. The Morgan fingerprint density at radius 1 is 1.38 bits per heavy atom. The van der Waals surface area contributed by atoms with Crippen molar-refractivity contribution in [3.05, 3.63) is 34.3 Å². The van der Waals surface area contributed by atoms with Gasteiger partial charge in [0.15, 0.2) is 0 Å². The number of carbonyl (C=O) groups excluding carboxylic acids is 2. The molecular weight excluding hydrogens is 332 g/mol. The SMILES string of the molecule is CCC(C)C1NC(=O)CCN(Cc2ccccc2Br)C1=O. The van der Waals surface area contributed by atoms with Crippen LogP contribution in [0.5, 0.6) is 0 Å². The lowest BCUT2D eigenvalue weighted by Crippen LogP contribution is -2.48. The number of carbonyl (C=O) groups is 2. The first-order valence-electron chi connectivity index (χ1n) is 7.34. The van der Waals surface area contributed by atoms with Crippen LogP contribution in [0.3, 0.4) is 0 Å². The molecule has 1 aromatic carbocycles. The van der Waals surface area contributed by atoms with Gasteiger partial charge < -0.3 is 10.2 Å². The third-order valence-electron chi connectivity index (χ3n) is 4.04. The highest BCUT2D eigenvalue weighted by Crippen LogP contribution is 2.21. The number of hydrogen-bond acceptors (Lipinski definition) is 2. The van der Waals surface area contributed by atoms with E-state index in [0.717, 1.165) is 16.5 Å². The number of amides is 2. The summed E-state index contributed by atoms with van der Waals surface area (Å²) in [5.74, 6) is 0.121. The summed E-state index contributed by atoms with van der Waals surface area (Å²) in [6.45, 7) is 5.04. The molecule has 1 fully saturated rings. The Morgan fingerprint density at radius 3 is 2.76 bits per heavy atom. The number of benzene rings is 1. The Labute approximate surface area is 134 Å². The summed E-state index contributed by atoms with van der Waals surface area (Å²) in [6, 6.07) is 7.46. The monoisotopic (exact) mass is 352 g/mol. The van der Waals surface area contributed by atoms with Crippen molar-refractivity contribution in [2.75, 3.05) is 6.54 Å². The van der Waals surface area contributed by atoms with Gasteiger partial charge in [-0.3, -0.25) is 9.59 Å². The van der Waals surface area contributed by atoms with Gasteiger partial charge in [0.1, 0.15) is 6.04 Å². The molecule has 1 saturated heterocycles. The predicted molar refractivity (Wildman–Crippen MR) is 85.6 cm³/mol. The molecule has 1 aromatic rings. The van der Waals surface area contributed by atoms with Gasteiger partial charge in [-0.05, 0) is 17.5 Å². The van der Waals surface area contributed by atoms with Crippen LogP contribution in [0.25, 0.3) is 0 Å². The van der Waals surface area contributed by atoms with Crippen molar-refractivity contribution < 1.29 is 9.59 Å². The van der Waals surface area contributed by atoms with Crippen LogP contribution in [0.2, 0.25) is 0 Å². The summed E-state index contributed by atoms with van der Waals surface area (Å²) in [7, 11) is 0. The standard InChI is InChI=1S/C16H21BrN2O2/c1-3-11(2)15-16(21)19(9-8-14(20)18-15)10-12-6-4-5-7-13(12)17/h4-7,11,15H,3,8-10H2,1-2H3,(H,18,20). The minimum Gasteiger partial charge on any atom is -0.344 e. The number of hydrogen-bond donors (Lipinski definition) is 1. The average Bonchev–Trinajstić information content (AvgIpc) is 2.62. The molecule has 2 rings (SSSR count). The van der Waals surface area contributed by atoms with Crippen molar-refractivity contribution in [1.29, 1.82) is 0 Å². The third kappa shape index (κ3) is 3.84. The lowest BCUT2D eigenvalue weighted by atomic mass is 9.98. The second-order valence-corrected chi connectivity index (χ2v) is 6.39. The van der Waals surface area contributed by atoms with E-state index in [0.29, 0.717) is 19.5 Å². The van der Waals surface area contributed by atoms with Crippen LogP contribution in [0.15, 0.2) is 28.7 Å². The quantitative estimate of drug-likeness (QED) is 0.905. The van der Waals surface area contributed by atoms with E-state index >= 15 is 0 Å².